The molecule has 3 heterocycles. The van der Waals surface area contributed by atoms with E-state index in [0.717, 1.165) is 22.0 Å². The van der Waals surface area contributed by atoms with E-state index in [0.29, 0.717) is 6.54 Å². The maximum absolute atomic E-state index is 12.2. The van der Waals surface area contributed by atoms with Crippen LogP contribution in [-0.2, 0) is 17.8 Å². The molecule has 0 unspecified atom stereocenters. The Hall–Kier alpha value is -2.59. The number of nitrogens with one attached hydrogen (secondary N) is 1. The second-order valence-corrected chi connectivity index (χ2v) is 8.34. The van der Waals surface area contributed by atoms with E-state index < -0.39 is 0 Å². The molecule has 8 nitrogen and oxygen atoms in total. The Morgan fingerprint density at radius 1 is 1.30 bits per heavy atom. The number of aryl methyl sites for hydroxylation is 1. The number of nitrogens with zero attached hydrogens (tertiary/aromatic N) is 5. The fourth-order valence-corrected chi connectivity index (χ4v) is 3.93. The topological polar surface area (TPSA) is 93.0 Å². The molecule has 0 saturated heterocycles. The van der Waals surface area contributed by atoms with Crippen LogP contribution in [0.25, 0.3) is 10.6 Å². The summed E-state index contributed by atoms with van der Waals surface area (Å²) in [5, 5.41) is 13.6. The maximum Gasteiger partial charge on any atom is 0.273 e. The molecule has 1 N–H and O–H groups in total. The lowest BCUT2D eigenvalue weighted by molar-refractivity contribution is -0.129. The molecule has 3 aromatic rings. The van der Waals surface area contributed by atoms with Gasteiger partial charge in [0, 0.05) is 30.9 Å². The number of aromatic nitrogens is 4. The third-order valence-electron chi connectivity index (χ3n) is 3.76. The predicted molar refractivity (Wildman–Crippen MR) is 105 cm³/mol. The molecule has 0 fully saturated rings. The van der Waals surface area contributed by atoms with Gasteiger partial charge in [0.05, 0.1) is 21.8 Å². The molecular formula is C17H20N6O2S2. The Morgan fingerprint density at radius 3 is 2.81 bits per heavy atom. The molecule has 3 aromatic heterocycles. The molecule has 10 heteroatoms. The summed E-state index contributed by atoms with van der Waals surface area (Å²) < 4.78 is 1.36. The summed E-state index contributed by atoms with van der Waals surface area (Å²) in [6.45, 7) is 2.55. The van der Waals surface area contributed by atoms with Gasteiger partial charge in [0.15, 0.2) is 5.69 Å². The summed E-state index contributed by atoms with van der Waals surface area (Å²) >= 11 is 3.31. The lowest BCUT2D eigenvalue weighted by atomic mass is 10.3. The van der Waals surface area contributed by atoms with Crippen LogP contribution in [0.1, 0.15) is 20.4 Å². The van der Waals surface area contributed by atoms with Gasteiger partial charge in [-0.1, -0.05) is 5.21 Å². The van der Waals surface area contributed by atoms with Crippen LogP contribution in [0.4, 0.5) is 0 Å². The molecule has 0 spiro atoms. The van der Waals surface area contributed by atoms with E-state index in [1.165, 1.54) is 20.7 Å². The first-order chi connectivity index (χ1) is 12.9. The highest BCUT2D eigenvalue weighted by atomic mass is 32.1. The zero-order valence-electron chi connectivity index (χ0n) is 15.3. The van der Waals surface area contributed by atoms with Crippen molar-refractivity contribution in [2.75, 3.05) is 20.6 Å². The molecule has 0 aliphatic carbocycles. The van der Waals surface area contributed by atoms with E-state index in [-0.39, 0.29) is 24.1 Å². The largest absolute Gasteiger partial charge is 0.350 e. The molecule has 142 valence electrons. The molecule has 3 rings (SSSR count). The molecule has 0 saturated carbocycles. The Labute approximate surface area is 164 Å². The Morgan fingerprint density at radius 2 is 2.11 bits per heavy atom. The van der Waals surface area contributed by atoms with Gasteiger partial charge in [-0.25, -0.2) is 9.67 Å². The normalized spacial score (nSPS) is 10.8. The van der Waals surface area contributed by atoms with Crippen LogP contribution in [0.2, 0.25) is 0 Å². The van der Waals surface area contributed by atoms with Crippen molar-refractivity contribution in [3.63, 3.8) is 0 Å². The van der Waals surface area contributed by atoms with Crippen LogP contribution in [-0.4, -0.2) is 57.3 Å². The van der Waals surface area contributed by atoms with Gasteiger partial charge < -0.3 is 10.2 Å². The molecule has 0 aromatic carbocycles. The van der Waals surface area contributed by atoms with Gasteiger partial charge in [0.2, 0.25) is 5.91 Å². The van der Waals surface area contributed by atoms with Crippen LogP contribution >= 0.6 is 22.7 Å². The van der Waals surface area contributed by atoms with E-state index in [9.17, 15) is 9.59 Å². The highest BCUT2D eigenvalue weighted by molar-refractivity contribution is 7.16. The van der Waals surface area contributed by atoms with Gasteiger partial charge in [-0.3, -0.25) is 9.59 Å². The highest BCUT2D eigenvalue weighted by Gasteiger charge is 2.13. The number of hydrogen-bond acceptors (Lipinski definition) is 7. The summed E-state index contributed by atoms with van der Waals surface area (Å²) in [5.41, 5.74) is 1.20. The van der Waals surface area contributed by atoms with Gasteiger partial charge in [-0.15, -0.1) is 27.8 Å². The SMILES string of the molecule is Cc1nc(-c2ccc(CCNC(=O)c3cn(CC(=O)N(C)C)nn3)s2)cs1. The Bertz CT molecular complexity index is 943. The molecule has 0 radical (unpaired) electrons. The van der Waals surface area contributed by atoms with Crippen molar-refractivity contribution in [1.82, 2.24) is 30.2 Å². The number of hydrogen-bond donors (Lipinski definition) is 1. The molecule has 0 bridgehead atoms. The first-order valence-corrected chi connectivity index (χ1v) is 10.0. The number of rotatable bonds is 7. The van der Waals surface area contributed by atoms with Crippen LogP contribution in [0.15, 0.2) is 23.7 Å². The fraction of sp³-hybridized carbons (Fsp3) is 0.353. The number of likely N-dealkylation sites (N-methyl/N-ethyl adjacent to an activating group) is 1. The third-order valence-corrected chi connectivity index (χ3v) is 5.70. The van der Waals surface area contributed by atoms with Crippen LogP contribution in [0, 0.1) is 6.92 Å². The molecular weight excluding hydrogens is 384 g/mol. The fourth-order valence-electron chi connectivity index (χ4n) is 2.28. The van der Waals surface area contributed by atoms with Crippen molar-refractivity contribution in [1.29, 1.82) is 0 Å². The average molecular weight is 405 g/mol. The van der Waals surface area contributed by atoms with Gasteiger partial charge >= 0.3 is 0 Å². The quantitative estimate of drug-likeness (QED) is 0.648. The number of carbonyl (C=O) groups is 2. The lowest BCUT2D eigenvalue weighted by Gasteiger charge is -2.08. The van der Waals surface area contributed by atoms with Crippen LogP contribution < -0.4 is 5.32 Å². The Kier molecular flexibility index (Phi) is 5.97. The first-order valence-electron chi connectivity index (χ1n) is 8.32. The third kappa shape index (κ3) is 4.98. The number of thiophene rings is 1. The van der Waals surface area contributed by atoms with Gasteiger partial charge in [-0.05, 0) is 25.5 Å². The Balaban J connectivity index is 1.49. The summed E-state index contributed by atoms with van der Waals surface area (Å²) in [5.74, 6) is -0.416. The monoisotopic (exact) mass is 404 g/mol. The van der Waals surface area contributed by atoms with Gasteiger partial charge in [0.1, 0.15) is 6.54 Å². The van der Waals surface area contributed by atoms with Crippen molar-refractivity contribution in [3.05, 3.63) is 39.3 Å². The minimum absolute atomic E-state index is 0.0569. The van der Waals surface area contributed by atoms with E-state index in [1.54, 1.807) is 36.8 Å². The second-order valence-electron chi connectivity index (χ2n) is 6.11. The predicted octanol–water partition coefficient (Wildman–Crippen LogP) is 1.83. The minimum Gasteiger partial charge on any atom is -0.350 e. The van der Waals surface area contributed by atoms with Crippen molar-refractivity contribution >= 4 is 34.5 Å². The van der Waals surface area contributed by atoms with Crippen molar-refractivity contribution < 1.29 is 9.59 Å². The van der Waals surface area contributed by atoms with Gasteiger partial charge in [0.25, 0.3) is 5.91 Å². The summed E-state index contributed by atoms with van der Waals surface area (Å²) in [7, 11) is 3.33. The number of amides is 2. The molecule has 0 atom stereocenters. The highest BCUT2D eigenvalue weighted by Crippen LogP contribution is 2.29. The van der Waals surface area contributed by atoms with E-state index >= 15 is 0 Å². The van der Waals surface area contributed by atoms with Crippen molar-refractivity contribution in [2.45, 2.75) is 19.9 Å². The molecule has 0 aliphatic rings. The van der Waals surface area contributed by atoms with Crippen LogP contribution in [0.3, 0.4) is 0 Å². The zero-order chi connectivity index (χ0) is 19.4. The molecule has 27 heavy (non-hydrogen) atoms. The smallest absolute Gasteiger partial charge is 0.273 e. The van der Waals surface area contributed by atoms with Crippen molar-refractivity contribution in [3.8, 4) is 10.6 Å². The summed E-state index contributed by atoms with van der Waals surface area (Å²) in [4.78, 5) is 32.1. The zero-order valence-corrected chi connectivity index (χ0v) is 16.9. The molecule has 2 amide bonds. The summed E-state index contributed by atoms with van der Waals surface area (Å²) in [6, 6.07) is 4.12. The average Bonchev–Trinajstić information content (AvgIpc) is 3.35. The first kappa shape index (κ1) is 19.2. The van der Waals surface area contributed by atoms with Crippen LogP contribution in [0.5, 0.6) is 0 Å². The number of carbonyl (C=O) groups excluding carboxylic acids is 2. The lowest BCUT2D eigenvalue weighted by Crippen LogP contribution is -2.27. The molecule has 0 aliphatic heterocycles. The second kappa shape index (κ2) is 8.40. The van der Waals surface area contributed by atoms with E-state index in [2.05, 4.69) is 38.1 Å². The number of thiazole rings is 1. The minimum atomic E-state index is -0.301. The maximum atomic E-state index is 12.2. The standard InChI is InChI=1S/C17H20N6O2S2/c1-11-19-14(10-26-11)15-5-4-12(27-15)6-7-18-17(25)13-8-23(21-20-13)9-16(24)22(2)3/h4-5,8,10H,6-7,9H2,1-3H3,(H,18,25). The van der Waals surface area contributed by atoms with Crippen molar-refractivity contribution in [2.24, 2.45) is 0 Å². The van der Waals surface area contributed by atoms with E-state index in [1.807, 2.05) is 6.92 Å². The van der Waals surface area contributed by atoms with Gasteiger partial charge in [-0.2, -0.15) is 0 Å². The van der Waals surface area contributed by atoms with E-state index in [4.69, 9.17) is 0 Å². The summed E-state index contributed by atoms with van der Waals surface area (Å²) in [6.07, 6.45) is 2.21.